The van der Waals surface area contributed by atoms with E-state index in [9.17, 15) is 0 Å². The third-order valence-electron chi connectivity index (χ3n) is 4.28. The van der Waals surface area contributed by atoms with Crippen molar-refractivity contribution in [2.75, 3.05) is 26.1 Å². The fourth-order valence-corrected chi connectivity index (χ4v) is 2.87. The molecule has 0 bridgehead atoms. The lowest BCUT2D eigenvalue weighted by atomic mass is 10.2. The topological polar surface area (TPSA) is 72.7 Å². The van der Waals surface area contributed by atoms with Gasteiger partial charge in [-0.3, -0.25) is 4.68 Å². The molecule has 0 atom stereocenters. The fraction of sp³-hybridized carbons (Fsp3) is 0.273. The van der Waals surface area contributed by atoms with Crippen molar-refractivity contribution in [3.8, 4) is 11.5 Å². The number of benzene rings is 2. The fourth-order valence-electron chi connectivity index (χ4n) is 2.87. The van der Waals surface area contributed by atoms with E-state index >= 15 is 0 Å². The number of nitrogens with one attached hydrogen (secondary N) is 2. The van der Waals surface area contributed by atoms with Crippen molar-refractivity contribution in [2.24, 2.45) is 4.99 Å². The Bertz CT molecular complexity index is 944. The van der Waals surface area contributed by atoms with Crippen LogP contribution in [0.5, 0.6) is 11.5 Å². The van der Waals surface area contributed by atoms with Crippen molar-refractivity contribution >= 4 is 35.6 Å². The van der Waals surface area contributed by atoms with Gasteiger partial charge in [0, 0.05) is 30.1 Å². The molecule has 0 fully saturated rings. The summed E-state index contributed by atoms with van der Waals surface area (Å²) in [6, 6.07) is 15.9. The summed E-state index contributed by atoms with van der Waals surface area (Å²) in [5.41, 5.74) is 3.13. The van der Waals surface area contributed by atoms with Gasteiger partial charge in [-0.25, -0.2) is 4.99 Å². The van der Waals surface area contributed by atoms with Gasteiger partial charge in [-0.15, -0.1) is 24.0 Å². The molecule has 3 aromatic rings. The van der Waals surface area contributed by atoms with Crippen LogP contribution >= 0.6 is 24.0 Å². The maximum absolute atomic E-state index is 5.36. The molecule has 0 amide bonds. The molecule has 30 heavy (non-hydrogen) atoms. The van der Waals surface area contributed by atoms with Crippen LogP contribution in [0.3, 0.4) is 0 Å². The van der Waals surface area contributed by atoms with Crippen LogP contribution in [0.1, 0.15) is 18.1 Å². The van der Waals surface area contributed by atoms with Crippen LogP contribution in [0.2, 0.25) is 0 Å². The molecule has 2 N–H and O–H groups in total. The zero-order valence-corrected chi connectivity index (χ0v) is 19.8. The van der Waals surface area contributed by atoms with Crippen LogP contribution in [0.25, 0.3) is 0 Å². The molecule has 0 spiro atoms. The third-order valence-corrected chi connectivity index (χ3v) is 4.28. The van der Waals surface area contributed by atoms with Crippen LogP contribution in [0.15, 0.2) is 65.9 Å². The number of nitrogens with zero attached hydrogens (tertiary/aromatic N) is 3. The Morgan fingerprint density at radius 2 is 1.80 bits per heavy atom. The predicted octanol–water partition coefficient (Wildman–Crippen LogP) is 4.14. The lowest BCUT2D eigenvalue weighted by Crippen LogP contribution is -2.30. The second kappa shape index (κ2) is 12.1. The second-order valence-corrected chi connectivity index (χ2v) is 6.42. The molecule has 1 heterocycles. The first-order chi connectivity index (χ1) is 14.2. The Labute approximate surface area is 194 Å². The highest BCUT2D eigenvalue weighted by atomic mass is 127. The molecule has 160 valence electrons. The standard InChI is InChI=1S/C22H27N5O2.HI/c1-4-23-22(26-19-10-11-20(28-2)21(12-19)29-3)24-13-18-14-25-27(16-18)15-17-8-6-5-7-9-17;/h5-12,14,16H,4,13,15H2,1-3H3,(H2,23,24,26);1H. The maximum Gasteiger partial charge on any atom is 0.196 e. The molecule has 0 aliphatic carbocycles. The Hall–Kier alpha value is -2.75. The van der Waals surface area contributed by atoms with E-state index in [2.05, 4.69) is 32.9 Å². The SMILES string of the molecule is CCNC(=NCc1cnn(Cc2ccccc2)c1)Nc1ccc(OC)c(OC)c1.I. The normalized spacial score (nSPS) is 10.8. The van der Waals surface area contributed by atoms with E-state index in [-0.39, 0.29) is 24.0 Å². The van der Waals surface area contributed by atoms with Gasteiger partial charge in [-0.2, -0.15) is 5.10 Å². The number of methoxy groups -OCH3 is 2. The van der Waals surface area contributed by atoms with Gasteiger partial charge in [-0.05, 0) is 24.6 Å². The zero-order chi connectivity index (χ0) is 20.5. The molecule has 0 unspecified atom stereocenters. The van der Waals surface area contributed by atoms with Crippen LogP contribution < -0.4 is 20.1 Å². The number of anilines is 1. The number of guanidine groups is 1. The van der Waals surface area contributed by atoms with E-state index in [0.29, 0.717) is 24.0 Å². The molecule has 1 aromatic heterocycles. The van der Waals surface area contributed by atoms with Gasteiger partial charge in [0.25, 0.3) is 0 Å². The summed E-state index contributed by atoms with van der Waals surface area (Å²) in [4.78, 5) is 4.67. The molecule has 0 aliphatic rings. The Morgan fingerprint density at radius 3 is 2.50 bits per heavy atom. The molecule has 0 saturated carbocycles. The van der Waals surface area contributed by atoms with E-state index in [0.717, 1.165) is 24.3 Å². The molecule has 2 aromatic carbocycles. The van der Waals surface area contributed by atoms with Gasteiger partial charge < -0.3 is 20.1 Å². The first-order valence-corrected chi connectivity index (χ1v) is 9.54. The van der Waals surface area contributed by atoms with Gasteiger partial charge in [0.2, 0.25) is 0 Å². The Kier molecular flexibility index (Phi) is 9.46. The molecular weight excluding hydrogens is 493 g/mol. The van der Waals surface area contributed by atoms with Crippen molar-refractivity contribution in [1.82, 2.24) is 15.1 Å². The van der Waals surface area contributed by atoms with Crippen LogP contribution in [-0.2, 0) is 13.1 Å². The van der Waals surface area contributed by atoms with Gasteiger partial charge in [0.1, 0.15) is 0 Å². The summed E-state index contributed by atoms with van der Waals surface area (Å²) in [5.74, 6) is 2.04. The van der Waals surface area contributed by atoms with E-state index < -0.39 is 0 Å². The van der Waals surface area contributed by atoms with Crippen molar-refractivity contribution < 1.29 is 9.47 Å². The van der Waals surface area contributed by atoms with E-state index in [1.54, 1.807) is 14.2 Å². The number of aromatic nitrogens is 2. The molecular formula is C22H28IN5O2. The largest absolute Gasteiger partial charge is 0.493 e. The quantitative estimate of drug-likeness (QED) is 0.265. The average Bonchev–Trinajstić information content (AvgIpc) is 3.20. The summed E-state index contributed by atoms with van der Waals surface area (Å²) in [6.45, 7) is 4.06. The minimum atomic E-state index is 0. The molecule has 0 radical (unpaired) electrons. The zero-order valence-electron chi connectivity index (χ0n) is 17.5. The average molecular weight is 521 g/mol. The maximum atomic E-state index is 5.36. The monoisotopic (exact) mass is 521 g/mol. The molecule has 0 aliphatic heterocycles. The highest BCUT2D eigenvalue weighted by Gasteiger charge is 2.07. The molecule has 0 saturated heterocycles. The second-order valence-electron chi connectivity index (χ2n) is 6.42. The third kappa shape index (κ3) is 6.65. The van der Waals surface area contributed by atoms with Gasteiger partial charge >= 0.3 is 0 Å². The molecule has 3 rings (SSSR count). The van der Waals surface area contributed by atoms with Crippen LogP contribution in [0.4, 0.5) is 5.69 Å². The summed E-state index contributed by atoms with van der Waals surface area (Å²) >= 11 is 0. The van der Waals surface area contributed by atoms with Gasteiger partial charge in [0.05, 0.1) is 33.5 Å². The van der Waals surface area contributed by atoms with Gasteiger partial charge in [-0.1, -0.05) is 30.3 Å². The number of rotatable bonds is 8. The van der Waals surface area contributed by atoms with Crippen molar-refractivity contribution in [2.45, 2.75) is 20.0 Å². The number of aliphatic imine (C=N–C) groups is 1. The highest BCUT2D eigenvalue weighted by molar-refractivity contribution is 14.0. The van der Waals surface area contributed by atoms with E-state index in [4.69, 9.17) is 9.47 Å². The summed E-state index contributed by atoms with van der Waals surface area (Å²) in [7, 11) is 3.24. The summed E-state index contributed by atoms with van der Waals surface area (Å²) < 4.78 is 12.6. The lowest BCUT2D eigenvalue weighted by Gasteiger charge is -2.13. The first kappa shape index (κ1) is 23.5. The van der Waals surface area contributed by atoms with Crippen molar-refractivity contribution in [3.05, 3.63) is 72.1 Å². The van der Waals surface area contributed by atoms with Gasteiger partial charge in [0.15, 0.2) is 17.5 Å². The van der Waals surface area contributed by atoms with Crippen LogP contribution in [-0.4, -0.2) is 36.5 Å². The summed E-state index contributed by atoms with van der Waals surface area (Å²) in [6.07, 6.45) is 3.88. The van der Waals surface area contributed by atoms with Crippen molar-refractivity contribution in [3.63, 3.8) is 0 Å². The Morgan fingerprint density at radius 1 is 1.03 bits per heavy atom. The number of halogens is 1. The predicted molar refractivity (Wildman–Crippen MR) is 131 cm³/mol. The molecule has 7 nitrogen and oxygen atoms in total. The van der Waals surface area contributed by atoms with E-state index in [1.165, 1.54) is 5.56 Å². The van der Waals surface area contributed by atoms with Crippen LogP contribution in [0, 0.1) is 0 Å². The Balaban J connectivity index is 0.00000320. The van der Waals surface area contributed by atoms with Crippen molar-refractivity contribution in [1.29, 1.82) is 0 Å². The minimum absolute atomic E-state index is 0. The lowest BCUT2D eigenvalue weighted by molar-refractivity contribution is 0.355. The highest BCUT2D eigenvalue weighted by Crippen LogP contribution is 2.29. The van der Waals surface area contributed by atoms with E-state index in [1.807, 2.05) is 60.4 Å². The number of hydrogen-bond donors (Lipinski definition) is 2. The first-order valence-electron chi connectivity index (χ1n) is 9.54. The summed E-state index contributed by atoms with van der Waals surface area (Å²) in [5, 5.41) is 11.0. The number of ether oxygens (including phenoxy) is 2. The molecule has 8 heteroatoms. The number of hydrogen-bond acceptors (Lipinski definition) is 4. The smallest absolute Gasteiger partial charge is 0.196 e. The minimum Gasteiger partial charge on any atom is -0.493 e.